The maximum Gasteiger partial charge on any atom is 3.00 e. The molecule has 165 valence electrons. The van der Waals surface area contributed by atoms with Gasteiger partial charge in [-0.3, -0.25) is 0 Å². The fourth-order valence-electron chi connectivity index (χ4n) is 4.87. The zero-order chi connectivity index (χ0) is 20.6. The Balaban J connectivity index is 0.00000108. The molecule has 0 bridgehead atoms. The first-order chi connectivity index (χ1) is 15.4. The van der Waals surface area contributed by atoms with Crippen molar-refractivity contribution in [2.75, 3.05) is 0 Å². The van der Waals surface area contributed by atoms with Gasteiger partial charge in [-0.2, -0.15) is 0 Å². The number of benzene rings is 5. The van der Waals surface area contributed by atoms with Gasteiger partial charge in [-0.05, 0) is 56.1 Å². The number of halogens is 2. The first-order valence-corrected chi connectivity index (χ1v) is 10.8. The number of rotatable bonds is 4. The molecule has 0 N–H and O–H groups in total. The molecule has 0 unspecified atom stereocenters. The number of para-hydroxylation sites is 1. The Morgan fingerprint density at radius 2 is 1.21 bits per heavy atom. The summed E-state index contributed by atoms with van der Waals surface area (Å²) in [5.74, 6) is 0. The average molecular weight is 515 g/mol. The summed E-state index contributed by atoms with van der Waals surface area (Å²) in [7, 11) is 0. The summed E-state index contributed by atoms with van der Waals surface area (Å²) in [6.07, 6.45) is 0.990. The van der Waals surface area contributed by atoms with Crippen LogP contribution in [0.2, 0.25) is 0 Å². The molecule has 6 rings (SSSR count). The normalized spacial score (nSPS) is 10.8. The van der Waals surface area contributed by atoms with Crippen LogP contribution in [0.4, 0.5) is 5.69 Å². The van der Waals surface area contributed by atoms with Crippen molar-refractivity contribution in [3.8, 4) is 22.3 Å². The van der Waals surface area contributed by atoms with Crippen LogP contribution in [0.1, 0.15) is 16.7 Å². The first-order valence-electron chi connectivity index (χ1n) is 10.8. The van der Waals surface area contributed by atoms with Gasteiger partial charge >= 0.3 is 21.7 Å². The van der Waals surface area contributed by atoms with Gasteiger partial charge < -0.3 is 30.1 Å². The fraction of sp³-hybridized carbons (Fsp3) is 0.0667. The summed E-state index contributed by atoms with van der Waals surface area (Å²) in [5, 5.41) is 7.50. The number of nitrogens with zero attached hydrogens (tertiary/aromatic N) is 1. The second kappa shape index (κ2) is 11.3. The van der Waals surface area contributed by atoms with Crippen molar-refractivity contribution >= 4 is 16.5 Å². The molecule has 5 aromatic carbocycles. The summed E-state index contributed by atoms with van der Waals surface area (Å²) >= 11 is 0. The number of fused-ring (bicyclic) bond motifs is 4. The Labute approximate surface area is 228 Å². The predicted molar refractivity (Wildman–Crippen MR) is 131 cm³/mol. The van der Waals surface area contributed by atoms with Gasteiger partial charge in [0, 0.05) is 0 Å². The van der Waals surface area contributed by atoms with E-state index in [1.165, 1.54) is 49.7 Å². The van der Waals surface area contributed by atoms with E-state index in [1.807, 2.05) is 18.2 Å². The molecule has 5 aromatic rings. The van der Waals surface area contributed by atoms with Crippen LogP contribution in [0.3, 0.4) is 0 Å². The molecule has 1 aliphatic carbocycles. The van der Waals surface area contributed by atoms with Crippen molar-refractivity contribution in [3.63, 3.8) is 0 Å². The van der Waals surface area contributed by atoms with Crippen LogP contribution >= 0.6 is 0 Å². The van der Waals surface area contributed by atoms with E-state index in [9.17, 15) is 0 Å². The minimum atomic E-state index is 0. The van der Waals surface area contributed by atoms with Crippen LogP contribution < -0.4 is 24.8 Å². The van der Waals surface area contributed by atoms with E-state index in [4.69, 9.17) is 5.32 Å². The largest absolute Gasteiger partial charge is 3.00 e. The molecule has 1 nitrogen and oxygen atoms in total. The summed E-state index contributed by atoms with van der Waals surface area (Å²) < 4.78 is 0. The second-order valence-corrected chi connectivity index (χ2v) is 8.13. The molecule has 0 fully saturated rings. The summed E-state index contributed by atoms with van der Waals surface area (Å²) in [4.78, 5) is 0. The van der Waals surface area contributed by atoms with E-state index >= 15 is 0 Å². The van der Waals surface area contributed by atoms with Crippen molar-refractivity contribution in [2.45, 2.75) is 13.0 Å². The van der Waals surface area contributed by atoms with Crippen molar-refractivity contribution in [1.82, 2.24) is 0 Å². The van der Waals surface area contributed by atoms with Gasteiger partial charge in [-0.25, -0.2) is 0 Å². The van der Waals surface area contributed by atoms with Crippen LogP contribution in [0.25, 0.3) is 38.3 Å². The maximum absolute atomic E-state index is 4.95. The predicted octanol–water partition coefficient (Wildman–Crippen LogP) is 2.29. The summed E-state index contributed by atoms with van der Waals surface area (Å²) in [6, 6.07) is 39.0. The third-order valence-electron chi connectivity index (χ3n) is 6.36. The van der Waals surface area contributed by atoms with Gasteiger partial charge in [0.2, 0.25) is 0 Å². The minimum absolute atomic E-state index is 0. The molecule has 0 amide bonds. The molecular weight excluding hydrogens is 493 g/mol. The van der Waals surface area contributed by atoms with Crippen LogP contribution in [0.5, 0.6) is 0 Å². The van der Waals surface area contributed by atoms with Crippen molar-refractivity contribution in [1.29, 1.82) is 0 Å². The standard InChI is InChI=1S/C30H22N.2ClH.Ti/c1-2-11-23(12-3-1)31-20-30-24-13-6-4-9-21(24)17-18-28(30)27-16-8-15-26-25-14-7-5-10-22(25)19-29(26)27;;;/h1-18H,19-20H2;2*1H;/q-1;;;+3/p-2. The molecule has 0 saturated carbocycles. The molecule has 1 aliphatic rings. The van der Waals surface area contributed by atoms with E-state index in [-0.39, 0.29) is 46.5 Å². The smallest absolute Gasteiger partial charge is 1.00 e. The van der Waals surface area contributed by atoms with E-state index in [0.29, 0.717) is 6.54 Å². The van der Waals surface area contributed by atoms with Crippen molar-refractivity contribution < 1.29 is 46.5 Å². The summed E-state index contributed by atoms with van der Waals surface area (Å²) in [5.41, 5.74) is 10.5. The molecule has 0 saturated heterocycles. The average Bonchev–Trinajstić information content (AvgIpc) is 3.22. The molecule has 4 heteroatoms. The third-order valence-corrected chi connectivity index (χ3v) is 6.36. The van der Waals surface area contributed by atoms with Gasteiger partial charge in [-0.1, -0.05) is 109 Å². The molecule has 0 atom stereocenters. The third kappa shape index (κ3) is 4.67. The molecule has 0 heterocycles. The monoisotopic (exact) mass is 514 g/mol. The Morgan fingerprint density at radius 1 is 0.559 bits per heavy atom. The van der Waals surface area contributed by atoms with Gasteiger partial charge in [0.15, 0.2) is 0 Å². The Morgan fingerprint density at radius 3 is 2.03 bits per heavy atom. The second-order valence-electron chi connectivity index (χ2n) is 8.13. The zero-order valence-electron chi connectivity index (χ0n) is 18.5. The van der Waals surface area contributed by atoms with Gasteiger partial charge in [0.1, 0.15) is 0 Å². The van der Waals surface area contributed by atoms with E-state index < -0.39 is 0 Å². The van der Waals surface area contributed by atoms with Crippen LogP contribution in [-0.4, -0.2) is 0 Å². The van der Waals surface area contributed by atoms with Crippen molar-refractivity contribution in [3.05, 3.63) is 131 Å². The van der Waals surface area contributed by atoms with E-state index in [0.717, 1.165) is 12.1 Å². The van der Waals surface area contributed by atoms with Crippen LogP contribution in [0, 0.1) is 0 Å². The van der Waals surface area contributed by atoms with Crippen LogP contribution in [-0.2, 0) is 34.7 Å². The first kappa shape index (κ1) is 26.1. The zero-order valence-corrected chi connectivity index (χ0v) is 21.6. The van der Waals surface area contributed by atoms with Gasteiger partial charge in [-0.15, -0.1) is 12.2 Å². The molecule has 34 heavy (non-hydrogen) atoms. The molecular formula is C30H22Cl2NTi. The molecule has 0 spiro atoms. The Bertz CT molecular complexity index is 1420. The maximum atomic E-state index is 4.95. The SMILES string of the molecule is [Cl-].[Cl-].[Ti+3].c1ccc([N-]Cc2c(-c3cccc4c3Cc3ccccc3-4)ccc3ccccc23)cc1. The van der Waals surface area contributed by atoms with E-state index in [2.05, 4.69) is 91.0 Å². The Kier molecular flexibility index (Phi) is 8.63. The van der Waals surface area contributed by atoms with E-state index in [1.54, 1.807) is 0 Å². The fourth-order valence-corrected chi connectivity index (χ4v) is 4.87. The molecule has 0 aromatic heterocycles. The number of hydrogen-bond donors (Lipinski definition) is 0. The topological polar surface area (TPSA) is 14.1 Å². The minimum Gasteiger partial charge on any atom is -1.00 e. The van der Waals surface area contributed by atoms with Gasteiger partial charge in [0.25, 0.3) is 0 Å². The summed E-state index contributed by atoms with van der Waals surface area (Å²) in [6.45, 7) is 0.664. The molecule has 0 aliphatic heterocycles. The van der Waals surface area contributed by atoms with Gasteiger partial charge in [0.05, 0.1) is 0 Å². The molecule has 1 radical (unpaired) electrons. The van der Waals surface area contributed by atoms with Crippen molar-refractivity contribution in [2.24, 2.45) is 0 Å². The number of hydrogen-bond acceptors (Lipinski definition) is 0. The van der Waals surface area contributed by atoms with Crippen LogP contribution in [0.15, 0.2) is 109 Å². The Hall–Kier alpha value is -2.55. The quantitative estimate of drug-likeness (QED) is 0.320.